The number of carbonyl (C=O) groups excluding carboxylic acids is 2. The highest BCUT2D eigenvalue weighted by molar-refractivity contribution is 5.95. The molecule has 1 atom stereocenters. The fourth-order valence-electron chi connectivity index (χ4n) is 0.438. The number of rotatable bonds is 3. The van der Waals surface area contributed by atoms with Crippen molar-refractivity contribution in [1.29, 1.82) is 0 Å². The topological polar surface area (TPSA) is 72.2 Å². The molecule has 1 radical (unpaired) electrons. The molecule has 0 saturated heterocycles. The van der Waals surface area contributed by atoms with Crippen LogP contribution in [0.4, 0.5) is 0 Å². The van der Waals surface area contributed by atoms with Crippen LogP contribution in [0.15, 0.2) is 0 Å². The third-order valence-corrected chi connectivity index (χ3v) is 1.56. The van der Waals surface area contributed by atoms with Crippen LogP contribution in [-0.4, -0.2) is 12.2 Å². The van der Waals surface area contributed by atoms with E-state index in [9.17, 15) is 9.59 Å². The SMILES string of the molecule is CCC(C)([C]=O)C(=O)NN. The minimum atomic E-state index is -1.09. The van der Waals surface area contributed by atoms with Crippen LogP contribution in [0.3, 0.4) is 0 Å². The average molecular weight is 143 g/mol. The molecule has 1 unspecified atom stereocenters. The number of carbonyl (C=O) groups is 1. The molecule has 0 saturated carbocycles. The Balaban J connectivity index is 4.31. The molecule has 0 heterocycles. The molecule has 0 aromatic rings. The van der Waals surface area contributed by atoms with Crippen molar-refractivity contribution >= 4 is 12.2 Å². The number of hydrogen-bond acceptors (Lipinski definition) is 3. The van der Waals surface area contributed by atoms with E-state index in [1.54, 1.807) is 13.2 Å². The van der Waals surface area contributed by atoms with Crippen LogP contribution in [0.1, 0.15) is 20.3 Å². The summed E-state index contributed by atoms with van der Waals surface area (Å²) in [6.45, 7) is 3.21. The minimum absolute atomic E-state index is 0.402. The molecular formula is C6H11N2O2. The van der Waals surface area contributed by atoms with Gasteiger partial charge in [0.1, 0.15) is 5.41 Å². The normalized spacial score (nSPS) is 15.5. The number of hydrazine groups is 1. The molecule has 0 aliphatic carbocycles. The molecule has 0 spiro atoms. The van der Waals surface area contributed by atoms with Crippen molar-refractivity contribution in [1.82, 2.24) is 5.43 Å². The molecule has 0 aromatic carbocycles. The first-order chi connectivity index (χ1) is 4.60. The zero-order valence-electron chi connectivity index (χ0n) is 6.10. The Morgan fingerprint density at radius 2 is 2.30 bits per heavy atom. The minimum Gasteiger partial charge on any atom is -0.293 e. The average Bonchev–Trinajstić information content (AvgIpc) is 2.01. The predicted molar refractivity (Wildman–Crippen MR) is 36.4 cm³/mol. The second-order valence-electron chi connectivity index (χ2n) is 2.26. The standard InChI is InChI=1S/C6H11N2O2/c1-3-6(2,4-9)5(10)8-7/h3,7H2,1-2H3,(H,8,10). The summed E-state index contributed by atoms with van der Waals surface area (Å²) in [4.78, 5) is 21.0. The molecular weight excluding hydrogens is 132 g/mol. The summed E-state index contributed by atoms with van der Waals surface area (Å²) in [5, 5.41) is 0. The number of nitrogens with one attached hydrogen (secondary N) is 1. The van der Waals surface area contributed by atoms with Gasteiger partial charge in [-0.25, -0.2) is 5.84 Å². The summed E-state index contributed by atoms with van der Waals surface area (Å²) >= 11 is 0. The van der Waals surface area contributed by atoms with E-state index < -0.39 is 11.3 Å². The highest BCUT2D eigenvalue weighted by Gasteiger charge is 2.31. The van der Waals surface area contributed by atoms with Gasteiger partial charge < -0.3 is 0 Å². The van der Waals surface area contributed by atoms with E-state index in [0.29, 0.717) is 6.42 Å². The quantitative estimate of drug-likeness (QED) is 0.242. The Bertz CT molecular complexity index is 147. The van der Waals surface area contributed by atoms with Gasteiger partial charge in [-0.15, -0.1) is 0 Å². The van der Waals surface area contributed by atoms with Crippen molar-refractivity contribution < 1.29 is 9.59 Å². The number of hydrogen-bond donors (Lipinski definition) is 2. The summed E-state index contributed by atoms with van der Waals surface area (Å²) in [5.74, 6) is 4.34. The predicted octanol–water partition coefficient (Wildman–Crippen LogP) is -0.498. The summed E-state index contributed by atoms with van der Waals surface area (Å²) in [6, 6.07) is 0. The molecule has 1 amide bonds. The maximum atomic E-state index is 10.8. The van der Waals surface area contributed by atoms with Crippen molar-refractivity contribution in [2.24, 2.45) is 11.3 Å². The number of amides is 1. The highest BCUT2D eigenvalue weighted by Crippen LogP contribution is 2.16. The largest absolute Gasteiger partial charge is 0.293 e. The molecule has 4 heteroatoms. The van der Waals surface area contributed by atoms with Crippen LogP contribution in [0.25, 0.3) is 0 Å². The van der Waals surface area contributed by atoms with Crippen molar-refractivity contribution in [2.75, 3.05) is 0 Å². The van der Waals surface area contributed by atoms with Crippen LogP contribution in [0.2, 0.25) is 0 Å². The van der Waals surface area contributed by atoms with E-state index in [1.165, 1.54) is 6.92 Å². The van der Waals surface area contributed by atoms with Gasteiger partial charge in [0, 0.05) is 0 Å². The second-order valence-corrected chi connectivity index (χ2v) is 2.26. The van der Waals surface area contributed by atoms with Gasteiger partial charge in [0.2, 0.25) is 12.2 Å². The smallest absolute Gasteiger partial charge is 0.247 e. The van der Waals surface area contributed by atoms with E-state index >= 15 is 0 Å². The first-order valence-corrected chi connectivity index (χ1v) is 3.01. The van der Waals surface area contributed by atoms with Gasteiger partial charge in [-0.05, 0) is 13.3 Å². The lowest BCUT2D eigenvalue weighted by Gasteiger charge is -2.16. The highest BCUT2D eigenvalue weighted by atomic mass is 16.2. The monoisotopic (exact) mass is 143 g/mol. The third kappa shape index (κ3) is 1.54. The van der Waals surface area contributed by atoms with Crippen molar-refractivity contribution in [3.8, 4) is 0 Å². The van der Waals surface area contributed by atoms with E-state index in [2.05, 4.69) is 0 Å². The lowest BCUT2D eigenvalue weighted by atomic mass is 9.89. The van der Waals surface area contributed by atoms with Crippen LogP contribution in [0.5, 0.6) is 0 Å². The molecule has 0 rings (SSSR count). The molecule has 3 N–H and O–H groups in total. The van der Waals surface area contributed by atoms with Crippen molar-refractivity contribution in [2.45, 2.75) is 20.3 Å². The van der Waals surface area contributed by atoms with Crippen molar-refractivity contribution in [3.63, 3.8) is 0 Å². The van der Waals surface area contributed by atoms with Crippen molar-refractivity contribution in [3.05, 3.63) is 0 Å². The fourth-order valence-corrected chi connectivity index (χ4v) is 0.438. The summed E-state index contributed by atoms with van der Waals surface area (Å²) < 4.78 is 0. The molecule has 4 nitrogen and oxygen atoms in total. The van der Waals surface area contributed by atoms with Crippen LogP contribution in [-0.2, 0) is 9.59 Å². The lowest BCUT2D eigenvalue weighted by molar-refractivity contribution is -0.127. The maximum Gasteiger partial charge on any atom is 0.247 e. The summed E-state index contributed by atoms with van der Waals surface area (Å²) in [6.07, 6.45) is 2.04. The van der Waals surface area contributed by atoms with Crippen LogP contribution < -0.4 is 11.3 Å². The Kier molecular flexibility index (Phi) is 3.02. The van der Waals surface area contributed by atoms with Gasteiger partial charge in [-0.1, -0.05) is 6.92 Å². The summed E-state index contributed by atoms with van der Waals surface area (Å²) in [5.41, 5.74) is 0.817. The third-order valence-electron chi connectivity index (χ3n) is 1.56. The molecule has 0 bridgehead atoms. The zero-order valence-corrected chi connectivity index (χ0v) is 6.10. The first kappa shape index (κ1) is 9.10. The first-order valence-electron chi connectivity index (χ1n) is 3.01. The Labute approximate surface area is 59.7 Å². The van der Waals surface area contributed by atoms with E-state index in [4.69, 9.17) is 5.84 Å². The molecule has 0 fully saturated rings. The molecule has 0 aliphatic heterocycles. The van der Waals surface area contributed by atoms with E-state index in [0.717, 1.165) is 0 Å². The molecule has 0 aliphatic rings. The van der Waals surface area contributed by atoms with E-state index in [-0.39, 0.29) is 0 Å². The summed E-state index contributed by atoms with van der Waals surface area (Å²) in [7, 11) is 0. The maximum absolute atomic E-state index is 10.8. The molecule has 10 heavy (non-hydrogen) atoms. The Morgan fingerprint density at radius 1 is 1.80 bits per heavy atom. The lowest BCUT2D eigenvalue weighted by Crippen LogP contribution is -2.43. The number of nitrogens with two attached hydrogens (primary N) is 1. The van der Waals surface area contributed by atoms with Gasteiger partial charge >= 0.3 is 0 Å². The van der Waals surface area contributed by atoms with Crippen LogP contribution >= 0.6 is 0 Å². The van der Waals surface area contributed by atoms with Gasteiger partial charge in [-0.3, -0.25) is 15.0 Å². The van der Waals surface area contributed by atoms with Gasteiger partial charge in [-0.2, -0.15) is 0 Å². The molecule has 57 valence electrons. The molecule has 0 aromatic heterocycles. The zero-order chi connectivity index (χ0) is 8.20. The fraction of sp³-hybridized carbons (Fsp3) is 0.667. The van der Waals surface area contributed by atoms with Crippen LogP contribution in [0, 0.1) is 5.41 Å². The second kappa shape index (κ2) is 3.31. The van der Waals surface area contributed by atoms with Gasteiger partial charge in [0.25, 0.3) is 0 Å². The Hall–Kier alpha value is -0.900. The van der Waals surface area contributed by atoms with Gasteiger partial charge in [0.05, 0.1) is 0 Å². The van der Waals surface area contributed by atoms with E-state index in [1.807, 2.05) is 5.43 Å². The van der Waals surface area contributed by atoms with Gasteiger partial charge in [0.15, 0.2) is 0 Å². The Morgan fingerprint density at radius 3 is 2.40 bits per heavy atom.